The summed E-state index contributed by atoms with van der Waals surface area (Å²) < 4.78 is 28.2. The molecular weight excluding hydrogens is 416 g/mol. The Morgan fingerprint density at radius 2 is 2.09 bits per heavy atom. The van der Waals surface area contributed by atoms with Gasteiger partial charge in [0.15, 0.2) is 5.82 Å². The Labute approximate surface area is 185 Å². The Hall–Kier alpha value is -3.14. The number of carbonyl (C=O) groups excluding carboxylic acids is 1. The standard InChI is InChI=1S/C22H27F2N7O/c1-25-22(32)30-7-5-18-17(12-30)21(28-27-18)31-6-3-4-13-8-15(14-10-26-29(2)11-14)16(20(23)24)9-19(13)31/h8-9,11,20,26H,3-7,10,12H2,1-2H3,(H,25,32)(H,27,28). The van der Waals surface area contributed by atoms with Crippen molar-refractivity contribution < 1.29 is 13.6 Å². The minimum Gasteiger partial charge on any atom is -0.341 e. The highest BCUT2D eigenvalue weighted by Gasteiger charge is 2.31. The predicted octanol–water partition coefficient (Wildman–Crippen LogP) is 2.92. The first-order chi connectivity index (χ1) is 15.5. The molecule has 0 saturated carbocycles. The van der Waals surface area contributed by atoms with Crippen LogP contribution in [0.5, 0.6) is 0 Å². The van der Waals surface area contributed by atoms with Crippen LogP contribution < -0.4 is 15.6 Å². The molecule has 5 rings (SSSR count). The van der Waals surface area contributed by atoms with Gasteiger partial charge in [-0.05, 0) is 41.7 Å². The Morgan fingerprint density at radius 3 is 2.81 bits per heavy atom. The van der Waals surface area contributed by atoms with Crippen LogP contribution in [0.1, 0.15) is 40.8 Å². The average Bonchev–Trinajstić information content (AvgIpc) is 3.42. The molecule has 2 aromatic rings. The fourth-order valence-corrected chi connectivity index (χ4v) is 4.86. The first kappa shape index (κ1) is 20.7. The Balaban J connectivity index is 1.55. The number of carbonyl (C=O) groups is 1. The third-order valence-corrected chi connectivity index (χ3v) is 6.49. The van der Waals surface area contributed by atoms with Crippen molar-refractivity contribution in [3.05, 3.63) is 46.3 Å². The van der Waals surface area contributed by atoms with Crippen LogP contribution in [-0.2, 0) is 19.4 Å². The topological polar surface area (TPSA) is 79.5 Å². The van der Waals surface area contributed by atoms with Gasteiger partial charge < -0.3 is 20.1 Å². The lowest BCUT2D eigenvalue weighted by atomic mass is 9.92. The number of alkyl halides is 2. The molecule has 2 amide bonds. The second-order valence-electron chi connectivity index (χ2n) is 8.46. The van der Waals surface area contributed by atoms with E-state index >= 15 is 0 Å². The SMILES string of the molecule is CNC(=O)N1CCc2[nH]nc(N3CCCc4cc(C5=CN(C)NC5)c(C(F)F)cc43)c2C1. The van der Waals surface area contributed by atoms with E-state index in [1.54, 1.807) is 23.0 Å². The molecule has 1 aromatic heterocycles. The fraction of sp³-hybridized carbons (Fsp3) is 0.455. The number of H-pyrrole nitrogens is 1. The summed E-state index contributed by atoms with van der Waals surface area (Å²) >= 11 is 0. The number of hydrazine groups is 1. The summed E-state index contributed by atoms with van der Waals surface area (Å²) in [5.74, 6) is 0.726. The maximum Gasteiger partial charge on any atom is 0.317 e. The highest BCUT2D eigenvalue weighted by molar-refractivity contribution is 5.78. The van der Waals surface area contributed by atoms with E-state index in [2.05, 4.69) is 20.9 Å². The molecular formula is C22H27F2N7O. The third kappa shape index (κ3) is 3.48. The number of benzene rings is 1. The molecule has 3 aliphatic heterocycles. The minimum atomic E-state index is -2.58. The average molecular weight is 444 g/mol. The lowest BCUT2D eigenvalue weighted by Crippen LogP contribution is -2.41. The van der Waals surface area contributed by atoms with Crippen molar-refractivity contribution in [3.63, 3.8) is 0 Å². The number of hydrogen-bond acceptors (Lipinski definition) is 5. The zero-order valence-electron chi connectivity index (χ0n) is 18.2. The van der Waals surface area contributed by atoms with E-state index in [9.17, 15) is 13.6 Å². The lowest BCUT2D eigenvalue weighted by molar-refractivity contribution is 0.151. The van der Waals surface area contributed by atoms with Gasteiger partial charge in [0, 0.05) is 68.9 Å². The normalized spacial score (nSPS) is 18.0. The van der Waals surface area contributed by atoms with Crippen LogP contribution >= 0.6 is 0 Å². The van der Waals surface area contributed by atoms with Gasteiger partial charge in [-0.2, -0.15) is 5.10 Å². The molecule has 0 saturated heterocycles. The van der Waals surface area contributed by atoms with Gasteiger partial charge >= 0.3 is 6.03 Å². The summed E-state index contributed by atoms with van der Waals surface area (Å²) in [6.45, 7) is 2.28. The van der Waals surface area contributed by atoms with E-state index in [-0.39, 0.29) is 11.6 Å². The zero-order chi connectivity index (χ0) is 22.4. The van der Waals surface area contributed by atoms with Crippen LogP contribution in [-0.4, -0.2) is 59.9 Å². The highest BCUT2D eigenvalue weighted by Crippen LogP contribution is 2.41. The number of amides is 2. The number of aromatic nitrogens is 2. The van der Waals surface area contributed by atoms with Gasteiger partial charge in [0.1, 0.15) is 0 Å². The number of hydrogen-bond donors (Lipinski definition) is 3. The van der Waals surface area contributed by atoms with E-state index in [1.165, 1.54) is 0 Å². The van der Waals surface area contributed by atoms with Gasteiger partial charge in [-0.1, -0.05) is 0 Å². The smallest absolute Gasteiger partial charge is 0.317 e. The van der Waals surface area contributed by atoms with E-state index in [0.29, 0.717) is 38.2 Å². The number of nitrogens with zero attached hydrogens (tertiary/aromatic N) is 4. The molecule has 0 radical (unpaired) electrons. The number of aryl methyl sites for hydroxylation is 1. The molecule has 3 N–H and O–H groups in total. The maximum atomic E-state index is 14.1. The molecule has 170 valence electrons. The fourth-order valence-electron chi connectivity index (χ4n) is 4.86. The zero-order valence-corrected chi connectivity index (χ0v) is 18.2. The molecule has 8 nitrogen and oxygen atoms in total. The number of halogens is 2. The number of anilines is 2. The van der Waals surface area contributed by atoms with Crippen LogP contribution in [0.3, 0.4) is 0 Å². The Kier molecular flexibility index (Phi) is 5.24. The molecule has 32 heavy (non-hydrogen) atoms. The molecule has 0 bridgehead atoms. The molecule has 1 aromatic carbocycles. The van der Waals surface area contributed by atoms with Gasteiger partial charge in [-0.25, -0.2) is 19.0 Å². The molecule has 10 heteroatoms. The number of rotatable bonds is 3. The number of nitrogens with one attached hydrogen (secondary N) is 3. The predicted molar refractivity (Wildman–Crippen MR) is 118 cm³/mol. The molecule has 0 spiro atoms. The second kappa shape index (κ2) is 8.09. The summed E-state index contributed by atoms with van der Waals surface area (Å²) in [5.41, 5.74) is 8.42. The van der Waals surface area contributed by atoms with Gasteiger partial charge in [0.25, 0.3) is 6.43 Å². The van der Waals surface area contributed by atoms with Crippen molar-refractivity contribution >= 4 is 23.1 Å². The quantitative estimate of drug-likeness (QED) is 0.680. The van der Waals surface area contributed by atoms with Crippen molar-refractivity contribution in [2.45, 2.75) is 32.2 Å². The van der Waals surface area contributed by atoms with Crippen molar-refractivity contribution in [3.8, 4) is 0 Å². The van der Waals surface area contributed by atoms with Crippen molar-refractivity contribution in [2.75, 3.05) is 38.6 Å². The number of urea groups is 1. The minimum absolute atomic E-state index is 0.0374. The summed E-state index contributed by atoms with van der Waals surface area (Å²) in [4.78, 5) is 15.9. The molecule has 4 heterocycles. The van der Waals surface area contributed by atoms with Crippen LogP contribution in [0.15, 0.2) is 18.3 Å². The summed E-state index contributed by atoms with van der Waals surface area (Å²) in [7, 11) is 3.48. The molecule has 0 aliphatic carbocycles. The van der Waals surface area contributed by atoms with E-state index < -0.39 is 6.43 Å². The van der Waals surface area contributed by atoms with Crippen LogP contribution in [0.4, 0.5) is 25.1 Å². The maximum absolute atomic E-state index is 14.1. The van der Waals surface area contributed by atoms with E-state index in [1.807, 2.05) is 24.2 Å². The largest absolute Gasteiger partial charge is 0.341 e. The Bertz CT molecular complexity index is 1080. The van der Waals surface area contributed by atoms with Gasteiger partial charge in [0.05, 0.1) is 6.54 Å². The van der Waals surface area contributed by atoms with Gasteiger partial charge in [-0.15, -0.1) is 0 Å². The number of fused-ring (bicyclic) bond motifs is 2. The molecule has 3 aliphatic rings. The van der Waals surface area contributed by atoms with Crippen LogP contribution in [0.25, 0.3) is 5.57 Å². The van der Waals surface area contributed by atoms with Crippen molar-refractivity contribution in [1.82, 2.24) is 30.8 Å². The van der Waals surface area contributed by atoms with E-state index in [4.69, 9.17) is 0 Å². The molecule has 0 unspecified atom stereocenters. The van der Waals surface area contributed by atoms with Crippen LogP contribution in [0.2, 0.25) is 0 Å². The first-order valence-corrected chi connectivity index (χ1v) is 10.9. The summed E-state index contributed by atoms with van der Waals surface area (Å²) in [6.07, 6.45) is 1.70. The van der Waals surface area contributed by atoms with Crippen LogP contribution in [0, 0.1) is 0 Å². The monoisotopic (exact) mass is 443 g/mol. The molecule has 0 atom stereocenters. The summed E-state index contributed by atoms with van der Waals surface area (Å²) in [6, 6.07) is 3.43. The van der Waals surface area contributed by atoms with Crippen molar-refractivity contribution in [2.24, 2.45) is 0 Å². The Morgan fingerprint density at radius 1 is 1.25 bits per heavy atom. The van der Waals surface area contributed by atoms with E-state index in [0.717, 1.165) is 46.7 Å². The first-order valence-electron chi connectivity index (χ1n) is 10.9. The van der Waals surface area contributed by atoms with Gasteiger partial charge in [-0.3, -0.25) is 5.10 Å². The highest BCUT2D eigenvalue weighted by atomic mass is 19.3. The second-order valence-corrected chi connectivity index (χ2v) is 8.46. The lowest BCUT2D eigenvalue weighted by Gasteiger charge is -2.33. The van der Waals surface area contributed by atoms with Crippen molar-refractivity contribution in [1.29, 1.82) is 0 Å². The third-order valence-electron chi connectivity index (χ3n) is 6.49. The molecule has 0 fully saturated rings. The van der Waals surface area contributed by atoms with Gasteiger partial charge in [0.2, 0.25) is 0 Å². The number of aromatic amines is 1. The summed E-state index contributed by atoms with van der Waals surface area (Å²) in [5, 5.41) is 12.1.